The maximum atomic E-state index is 13.5. The molecule has 8 nitrogen and oxygen atoms in total. The first-order chi connectivity index (χ1) is 17.3. The summed E-state index contributed by atoms with van der Waals surface area (Å²) in [6.45, 7) is 6.56. The lowest BCUT2D eigenvalue weighted by Gasteiger charge is -2.29. The fraction of sp³-hybridized carbons (Fsp3) is 0.407. The molecule has 2 aromatic rings. The number of rotatable bonds is 7. The number of hydrogen-bond acceptors (Lipinski definition) is 6. The number of ether oxygens (including phenoxy) is 2. The summed E-state index contributed by atoms with van der Waals surface area (Å²) in [7, 11) is 1.24. The molecular formula is C27H31F2N3O5. The molecule has 1 aliphatic rings. The average molecular weight is 516 g/mol. The van der Waals surface area contributed by atoms with Gasteiger partial charge in [-0.2, -0.15) is 0 Å². The van der Waals surface area contributed by atoms with Crippen molar-refractivity contribution in [2.24, 2.45) is 4.99 Å². The van der Waals surface area contributed by atoms with Crippen molar-refractivity contribution in [3.8, 4) is 0 Å². The Bertz CT molecular complexity index is 1180. The first kappa shape index (κ1) is 27.8. The molecule has 3 rings (SSSR count). The number of halogens is 2. The molecule has 1 heterocycles. The Labute approximate surface area is 214 Å². The van der Waals surface area contributed by atoms with Gasteiger partial charge in [-0.1, -0.05) is 30.3 Å². The fourth-order valence-electron chi connectivity index (χ4n) is 4.12. The van der Waals surface area contributed by atoms with E-state index in [0.29, 0.717) is 0 Å². The molecule has 2 unspecified atom stereocenters. The van der Waals surface area contributed by atoms with Crippen molar-refractivity contribution < 1.29 is 32.6 Å². The van der Waals surface area contributed by atoms with Crippen LogP contribution < -0.4 is 5.32 Å². The summed E-state index contributed by atoms with van der Waals surface area (Å²) < 4.78 is 37.7. The van der Waals surface area contributed by atoms with Gasteiger partial charge in [0.25, 0.3) is 0 Å². The molecule has 0 fully saturated rings. The van der Waals surface area contributed by atoms with Crippen LogP contribution >= 0.6 is 0 Å². The summed E-state index contributed by atoms with van der Waals surface area (Å²) in [5.41, 5.74) is -1.35. The van der Waals surface area contributed by atoms with Crippen molar-refractivity contribution in [1.29, 1.82) is 0 Å². The zero-order valence-electron chi connectivity index (χ0n) is 21.5. The summed E-state index contributed by atoms with van der Waals surface area (Å²) in [4.78, 5) is 44.7. The monoisotopic (exact) mass is 515 g/mol. The molecule has 0 aliphatic carbocycles. The first-order valence-electron chi connectivity index (χ1n) is 11.8. The second kappa shape index (κ2) is 11.1. The molecule has 0 aromatic heterocycles. The highest BCUT2D eigenvalue weighted by Gasteiger charge is 2.50. The molecule has 2 atom stereocenters. The molecule has 2 aromatic carbocycles. The van der Waals surface area contributed by atoms with E-state index in [1.165, 1.54) is 12.0 Å². The van der Waals surface area contributed by atoms with Gasteiger partial charge in [0.2, 0.25) is 5.91 Å². The SMILES string of the molecule is COC(=O)C1(Cc2ccccc2)CN(C(=O)OC(C)(C)C)C(C(C)NC(=O)Cc2cc(F)cc(F)c2)=N1. The number of amides is 2. The highest BCUT2D eigenvalue weighted by Crippen LogP contribution is 2.30. The standard InChI is InChI=1S/C27H31F2N3O5/c1-17(30-22(33)13-19-11-20(28)14-21(29)12-19)23-31-27(24(34)36-5,15-18-9-7-6-8-10-18)16-32(23)25(35)37-26(2,3)4/h6-12,14,17H,13,15-16H2,1-5H3,(H,30,33). The van der Waals surface area contributed by atoms with Crippen LogP contribution in [0.3, 0.4) is 0 Å². The highest BCUT2D eigenvalue weighted by atomic mass is 19.1. The Balaban J connectivity index is 1.92. The van der Waals surface area contributed by atoms with Crippen molar-refractivity contribution in [2.75, 3.05) is 13.7 Å². The molecule has 1 N–H and O–H groups in total. The minimum Gasteiger partial charge on any atom is -0.467 e. The van der Waals surface area contributed by atoms with Crippen LogP contribution in [-0.2, 0) is 31.9 Å². The second-order valence-corrected chi connectivity index (χ2v) is 9.97. The number of benzene rings is 2. The predicted octanol–water partition coefficient (Wildman–Crippen LogP) is 3.82. The molecular weight excluding hydrogens is 484 g/mol. The maximum Gasteiger partial charge on any atom is 0.415 e. The van der Waals surface area contributed by atoms with Crippen molar-refractivity contribution >= 4 is 23.8 Å². The molecule has 0 radical (unpaired) electrons. The first-order valence-corrected chi connectivity index (χ1v) is 11.8. The normalized spacial score (nSPS) is 18.1. The van der Waals surface area contributed by atoms with E-state index in [1.807, 2.05) is 30.3 Å². The number of aliphatic imine (C=N–C) groups is 1. The lowest BCUT2D eigenvalue weighted by Crippen LogP contribution is -2.51. The van der Waals surface area contributed by atoms with Crippen LogP contribution in [0.2, 0.25) is 0 Å². The van der Waals surface area contributed by atoms with Gasteiger partial charge >= 0.3 is 12.1 Å². The van der Waals surface area contributed by atoms with Gasteiger partial charge < -0.3 is 14.8 Å². The third kappa shape index (κ3) is 7.12. The quantitative estimate of drug-likeness (QED) is 0.566. The van der Waals surface area contributed by atoms with E-state index in [9.17, 15) is 23.2 Å². The molecule has 2 amide bonds. The predicted molar refractivity (Wildman–Crippen MR) is 133 cm³/mol. The summed E-state index contributed by atoms with van der Waals surface area (Å²) in [6.07, 6.45) is -0.893. The maximum absolute atomic E-state index is 13.5. The number of methoxy groups -OCH3 is 1. The molecule has 0 saturated carbocycles. The van der Waals surface area contributed by atoms with Gasteiger partial charge in [-0.25, -0.2) is 23.4 Å². The largest absolute Gasteiger partial charge is 0.467 e. The van der Waals surface area contributed by atoms with Crippen LogP contribution in [0.15, 0.2) is 53.5 Å². The van der Waals surface area contributed by atoms with Gasteiger partial charge in [-0.05, 0) is 51.0 Å². The van der Waals surface area contributed by atoms with Gasteiger partial charge in [-0.15, -0.1) is 0 Å². The van der Waals surface area contributed by atoms with Crippen LogP contribution in [-0.4, -0.2) is 59.5 Å². The fourth-order valence-corrected chi connectivity index (χ4v) is 4.12. The Morgan fingerprint density at radius 1 is 1.08 bits per heavy atom. The van der Waals surface area contributed by atoms with Gasteiger partial charge in [0.05, 0.1) is 26.1 Å². The number of carbonyl (C=O) groups excluding carboxylic acids is 3. The summed E-state index contributed by atoms with van der Waals surface area (Å²) in [6, 6.07) is 11.2. The Hall–Kier alpha value is -3.82. The van der Waals surface area contributed by atoms with Gasteiger partial charge in [-0.3, -0.25) is 9.69 Å². The summed E-state index contributed by atoms with van der Waals surface area (Å²) in [5.74, 6) is -2.68. The molecule has 0 saturated heterocycles. The molecule has 198 valence electrons. The third-order valence-electron chi connectivity index (χ3n) is 5.60. The van der Waals surface area contributed by atoms with Gasteiger partial charge in [0, 0.05) is 12.5 Å². The Morgan fingerprint density at radius 3 is 2.27 bits per heavy atom. The number of carbonyl (C=O) groups is 3. The minimum absolute atomic E-state index is 0.106. The van der Waals surface area contributed by atoms with Crippen molar-refractivity contribution in [3.05, 3.63) is 71.3 Å². The number of esters is 1. The topological polar surface area (TPSA) is 97.3 Å². The van der Waals surface area contributed by atoms with Crippen LogP contribution in [0.4, 0.5) is 13.6 Å². The van der Waals surface area contributed by atoms with Crippen LogP contribution in [0.5, 0.6) is 0 Å². The molecule has 37 heavy (non-hydrogen) atoms. The Morgan fingerprint density at radius 2 is 1.70 bits per heavy atom. The number of hydrogen-bond donors (Lipinski definition) is 1. The average Bonchev–Trinajstić information content (AvgIpc) is 3.18. The van der Waals surface area contributed by atoms with Gasteiger partial charge in [0.15, 0.2) is 5.54 Å². The van der Waals surface area contributed by atoms with E-state index in [4.69, 9.17) is 9.47 Å². The summed E-state index contributed by atoms with van der Waals surface area (Å²) >= 11 is 0. The highest BCUT2D eigenvalue weighted by molar-refractivity contribution is 6.04. The van der Waals surface area contributed by atoms with Crippen molar-refractivity contribution in [3.63, 3.8) is 0 Å². The van der Waals surface area contributed by atoms with E-state index in [0.717, 1.165) is 23.8 Å². The van der Waals surface area contributed by atoms with E-state index in [2.05, 4.69) is 10.3 Å². The minimum atomic E-state index is -1.47. The number of nitrogens with one attached hydrogen (secondary N) is 1. The zero-order chi connectivity index (χ0) is 27.4. The van der Waals surface area contributed by atoms with E-state index < -0.39 is 46.8 Å². The summed E-state index contributed by atoms with van der Waals surface area (Å²) in [5, 5.41) is 2.70. The van der Waals surface area contributed by atoms with Crippen LogP contribution in [0, 0.1) is 11.6 Å². The lowest BCUT2D eigenvalue weighted by atomic mass is 9.91. The van der Waals surface area contributed by atoms with E-state index in [-0.39, 0.29) is 30.8 Å². The molecule has 0 spiro atoms. The third-order valence-corrected chi connectivity index (χ3v) is 5.60. The molecule has 10 heteroatoms. The molecule has 1 aliphatic heterocycles. The van der Waals surface area contributed by atoms with E-state index in [1.54, 1.807) is 27.7 Å². The number of nitrogens with zero attached hydrogens (tertiary/aromatic N) is 2. The lowest BCUT2D eigenvalue weighted by molar-refractivity contribution is -0.146. The van der Waals surface area contributed by atoms with Crippen molar-refractivity contribution in [1.82, 2.24) is 10.2 Å². The van der Waals surface area contributed by atoms with Gasteiger partial charge in [0.1, 0.15) is 23.1 Å². The second-order valence-electron chi connectivity index (χ2n) is 9.97. The van der Waals surface area contributed by atoms with Crippen LogP contribution in [0.1, 0.15) is 38.8 Å². The molecule has 0 bridgehead atoms. The van der Waals surface area contributed by atoms with Crippen molar-refractivity contribution in [2.45, 2.75) is 57.7 Å². The number of amidine groups is 1. The zero-order valence-corrected chi connectivity index (χ0v) is 21.5. The van der Waals surface area contributed by atoms with E-state index >= 15 is 0 Å². The van der Waals surface area contributed by atoms with Crippen LogP contribution in [0.25, 0.3) is 0 Å². The Kier molecular flexibility index (Phi) is 8.30. The smallest absolute Gasteiger partial charge is 0.415 e.